The maximum absolute atomic E-state index is 5.50. The molecule has 108 valence electrons. The van der Waals surface area contributed by atoms with Gasteiger partial charge < -0.3 is 10.7 Å². The lowest BCUT2D eigenvalue weighted by Crippen LogP contribution is -2.24. The summed E-state index contributed by atoms with van der Waals surface area (Å²) in [5.74, 6) is 9.05. The zero-order chi connectivity index (χ0) is 14.2. The smallest absolute Gasteiger partial charge is 0.145 e. The molecule has 1 atom stereocenters. The van der Waals surface area contributed by atoms with E-state index >= 15 is 0 Å². The number of fused-ring (bicyclic) bond motifs is 1. The second kappa shape index (κ2) is 5.00. The molecule has 1 fully saturated rings. The number of hydrogen-bond acceptors (Lipinski definition) is 5. The van der Waals surface area contributed by atoms with E-state index in [0.29, 0.717) is 17.7 Å². The third-order valence-electron chi connectivity index (χ3n) is 4.32. The molecule has 4 N–H and O–H groups in total. The zero-order valence-corrected chi connectivity index (χ0v) is 11.8. The lowest BCUT2D eigenvalue weighted by Gasteiger charge is -2.30. The van der Waals surface area contributed by atoms with Crippen LogP contribution in [0.4, 0.5) is 11.6 Å². The van der Waals surface area contributed by atoms with Gasteiger partial charge in [0.05, 0.1) is 0 Å². The topological polar surface area (TPSA) is 75.9 Å². The van der Waals surface area contributed by atoms with E-state index in [9.17, 15) is 0 Å². The monoisotopic (exact) mass is 281 g/mol. The Labute approximate surface area is 124 Å². The third-order valence-corrected chi connectivity index (χ3v) is 4.32. The second-order valence-electron chi connectivity index (χ2n) is 5.90. The standard InChI is InChI=1S/C16H19N5/c17-21-15-8-14(19-16(20-15)10-5-6-10)18-9-12-7-11-3-1-2-4-13(11)12/h1-4,8,10,12H,5-7,9,17H2,(H2,18,19,20,21). The van der Waals surface area contributed by atoms with Gasteiger partial charge in [-0.2, -0.15) is 0 Å². The van der Waals surface area contributed by atoms with Crippen LogP contribution in [0.2, 0.25) is 0 Å². The van der Waals surface area contributed by atoms with Gasteiger partial charge in [0.15, 0.2) is 0 Å². The number of aromatic nitrogens is 2. The molecule has 0 spiro atoms. The number of rotatable bonds is 5. The Hall–Kier alpha value is -2.14. The van der Waals surface area contributed by atoms with Crippen LogP contribution < -0.4 is 16.6 Å². The third kappa shape index (κ3) is 2.45. The van der Waals surface area contributed by atoms with Crippen molar-refractivity contribution in [3.05, 3.63) is 47.3 Å². The number of nitrogens with two attached hydrogens (primary N) is 1. The van der Waals surface area contributed by atoms with Gasteiger partial charge in [-0.25, -0.2) is 15.8 Å². The number of anilines is 2. The maximum atomic E-state index is 5.50. The van der Waals surface area contributed by atoms with Crippen LogP contribution >= 0.6 is 0 Å². The number of benzene rings is 1. The normalized spacial score (nSPS) is 19.6. The molecule has 2 aliphatic carbocycles. The minimum absolute atomic E-state index is 0.517. The molecule has 0 radical (unpaired) electrons. The van der Waals surface area contributed by atoms with Gasteiger partial charge in [-0.1, -0.05) is 24.3 Å². The molecule has 2 aliphatic rings. The van der Waals surface area contributed by atoms with Gasteiger partial charge in [0.1, 0.15) is 17.5 Å². The lowest BCUT2D eigenvalue weighted by molar-refractivity contribution is 0.634. The van der Waals surface area contributed by atoms with Crippen molar-refractivity contribution in [3.63, 3.8) is 0 Å². The van der Waals surface area contributed by atoms with Crippen LogP contribution in [0.15, 0.2) is 30.3 Å². The number of nitrogen functional groups attached to an aromatic ring is 1. The summed E-state index contributed by atoms with van der Waals surface area (Å²) in [6, 6.07) is 10.5. The van der Waals surface area contributed by atoms with E-state index < -0.39 is 0 Å². The SMILES string of the molecule is NNc1cc(NCC2Cc3ccccc32)nc(C2CC2)n1. The van der Waals surface area contributed by atoms with Crippen LogP contribution in [0.25, 0.3) is 0 Å². The Morgan fingerprint density at radius 1 is 1.14 bits per heavy atom. The fourth-order valence-electron chi connectivity index (χ4n) is 2.93. The highest BCUT2D eigenvalue weighted by Crippen LogP contribution is 2.39. The first-order valence-corrected chi connectivity index (χ1v) is 7.51. The fourth-order valence-corrected chi connectivity index (χ4v) is 2.93. The van der Waals surface area contributed by atoms with E-state index in [1.807, 2.05) is 6.07 Å². The minimum atomic E-state index is 0.517. The summed E-state index contributed by atoms with van der Waals surface area (Å²) in [7, 11) is 0. The fraction of sp³-hybridized carbons (Fsp3) is 0.375. The van der Waals surface area contributed by atoms with Crippen LogP contribution in [0.1, 0.15) is 41.6 Å². The van der Waals surface area contributed by atoms with Crippen LogP contribution in [-0.2, 0) is 6.42 Å². The summed E-state index contributed by atoms with van der Waals surface area (Å²) in [5.41, 5.74) is 5.56. The van der Waals surface area contributed by atoms with Crippen LogP contribution in [0, 0.1) is 0 Å². The first kappa shape index (κ1) is 12.6. The molecular formula is C16H19N5. The highest BCUT2D eigenvalue weighted by atomic mass is 15.3. The summed E-state index contributed by atoms with van der Waals surface area (Å²) in [6.45, 7) is 0.905. The van der Waals surface area contributed by atoms with Gasteiger partial charge in [0, 0.05) is 24.4 Å². The van der Waals surface area contributed by atoms with E-state index in [4.69, 9.17) is 5.84 Å². The maximum Gasteiger partial charge on any atom is 0.145 e. The number of hydrazine groups is 1. The first-order chi connectivity index (χ1) is 10.3. The molecule has 1 heterocycles. The van der Waals surface area contributed by atoms with Crippen LogP contribution in [0.3, 0.4) is 0 Å². The molecule has 5 nitrogen and oxygen atoms in total. The van der Waals surface area contributed by atoms with E-state index in [0.717, 1.165) is 24.6 Å². The average molecular weight is 281 g/mol. The van der Waals surface area contributed by atoms with Crippen molar-refractivity contribution in [2.45, 2.75) is 31.1 Å². The van der Waals surface area contributed by atoms with Crippen molar-refractivity contribution in [2.24, 2.45) is 5.84 Å². The lowest BCUT2D eigenvalue weighted by atomic mass is 9.77. The molecule has 0 aliphatic heterocycles. The average Bonchev–Trinajstić information content (AvgIpc) is 3.32. The molecule has 1 saturated carbocycles. The molecule has 4 rings (SSSR count). The Bertz CT molecular complexity index is 665. The number of nitrogens with one attached hydrogen (secondary N) is 2. The molecule has 5 heteroatoms. The molecule has 0 saturated heterocycles. The van der Waals surface area contributed by atoms with Crippen molar-refractivity contribution < 1.29 is 0 Å². The highest BCUT2D eigenvalue weighted by molar-refractivity contribution is 5.49. The van der Waals surface area contributed by atoms with Crippen molar-refractivity contribution >= 4 is 11.6 Å². The molecule has 1 aromatic heterocycles. The molecule has 21 heavy (non-hydrogen) atoms. The van der Waals surface area contributed by atoms with Gasteiger partial charge in [-0.3, -0.25) is 0 Å². The van der Waals surface area contributed by atoms with E-state index in [-0.39, 0.29) is 0 Å². The minimum Gasteiger partial charge on any atom is -0.369 e. The summed E-state index contributed by atoms with van der Waals surface area (Å²) in [5, 5.41) is 3.44. The highest BCUT2D eigenvalue weighted by Gasteiger charge is 2.28. The van der Waals surface area contributed by atoms with Crippen molar-refractivity contribution in [1.82, 2.24) is 9.97 Å². The van der Waals surface area contributed by atoms with E-state index in [2.05, 4.69) is 45.0 Å². The molecule has 2 aromatic rings. The number of hydrogen-bond donors (Lipinski definition) is 3. The van der Waals surface area contributed by atoms with Crippen molar-refractivity contribution in [2.75, 3.05) is 17.3 Å². The van der Waals surface area contributed by atoms with Gasteiger partial charge in [0.25, 0.3) is 0 Å². The number of nitrogens with zero attached hydrogens (tertiary/aromatic N) is 2. The molecule has 0 amide bonds. The Morgan fingerprint density at radius 3 is 2.71 bits per heavy atom. The predicted molar refractivity (Wildman–Crippen MR) is 83.2 cm³/mol. The Balaban J connectivity index is 1.46. The second-order valence-corrected chi connectivity index (χ2v) is 5.90. The largest absolute Gasteiger partial charge is 0.369 e. The van der Waals surface area contributed by atoms with Gasteiger partial charge in [-0.15, -0.1) is 0 Å². The van der Waals surface area contributed by atoms with E-state index in [1.165, 1.54) is 24.0 Å². The summed E-state index contributed by atoms with van der Waals surface area (Å²) >= 11 is 0. The van der Waals surface area contributed by atoms with Gasteiger partial charge >= 0.3 is 0 Å². The van der Waals surface area contributed by atoms with E-state index in [1.54, 1.807) is 0 Å². The summed E-state index contributed by atoms with van der Waals surface area (Å²) < 4.78 is 0. The van der Waals surface area contributed by atoms with Crippen LogP contribution in [0.5, 0.6) is 0 Å². The zero-order valence-electron chi connectivity index (χ0n) is 11.8. The molecule has 1 aromatic carbocycles. The Morgan fingerprint density at radius 2 is 1.95 bits per heavy atom. The molecule has 1 unspecified atom stereocenters. The predicted octanol–water partition coefficient (Wildman–Crippen LogP) is 2.39. The van der Waals surface area contributed by atoms with Gasteiger partial charge in [-0.05, 0) is 30.4 Å². The summed E-state index contributed by atoms with van der Waals surface area (Å²) in [4.78, 5) is 9.04. The van der Waals surface area contributed by atoms with Crippen LogP contribution in [-0.4, -0.2) is 16.5 Å². The molecular weight excluding hydrogens is 262 g/mol. The van der Waals surface area contributed by atoms with Gasteiger partial charge in [0.2, 0.25) is 0 Å². The van der Waals surface area contributed by atoms with Crippen molar-refractivity contribution in [1.29, 1.82) is 0 Å². The Kier molecular flexibility index (Phi) is 3.00. The van der Waals surface area contributed by atoms with Crippen molar-refractivity contribution in [3.8, 4) is 0 Å². The molecule has 0 bridgehead atoms. The quantitative estimate of drug-likeness (QED) is 0.579. The first-order valence-electron chi connectivity index (χ1n) is 7.51. The summed E-state index contributed by atoms with van der Waals surface area (Å²) in [6.07, 6.45) is 3.51.